The number of phosphoric ester groups is 1. The van der Waals surface area contributed by atoms with Crippen molar-refractivity contribution < 1.29 is 42.1 Å². The third kappa shape index (κ3) is 43.0. The van der Waals surface area contributed by atoms with Crippen molar-refractivity contribution in [3.8, 4) is 0 Å². The van der Waals surface area contributed by atoms with Crippen LogP contribution in [0.3, 0.4) is 0 Å². The number of carbonyl (C=O) groups is 2. The molecule has 0 fully saturated rings. The molecule has 0 amide bonds. The molecule has 1 unspecified atom stereocenters. The lowest BCUT2D eigenvalue weighted by molar-refractivity contribution is -0.870. The van der Waals surface area contributed by atoms with Crippen LogP contribution in [0.5, 0.6) is 0 Å². The van der Waals surface area contributed by atoms with Crippen molar-refractivity contribution in [2.45, 2.75) is 174 Å². The van der Waals surface area contributed by atoms with Crippen LogP contribution in [0.1, 0.15) is 168 Å². The molecule has 0 radical (unpaired) electrons. The van der Waals surface area contributed by atoms with Crippen LogP contribution in [0, 0.1) is 0 Å². The quantitative estimate of drug-likeness (QED) is 0.0197. The maximum absolute atomic E-state index is 12.6. The summed E-state index contributed by atoms with van der Waals surface area (Å²) in [6.07, 6.45) is 49.5. The summed E-state index contributed by atoms with van der Waals surface area (Å²) in [5.41, 5.74) is 0. The highest BCUT2D eigenvalue weighted by atomic mass is 31.2. The lowest BCUT2D eigenvalue weighted by Crippen LogP contribution is -2.37. The van der Waals surface area contributed by atoms with Crippen molar-refractivity contribution in [3.63, 3.8) is 0 Å². The van der Waals surface area contributed by atoms with Gasteiger partial charge in [-0.15, -0.1) is 0 Å². The van der Waals surface area contributed by atoms with E-state index < -0.39 is 32.5 Å². The standard InChI is InChI=1S/C48H84NO8P/c1-6-8-10-12-14-16-18-20-22-23-24-25-27-29-31-33-35-37-39-41-48(51)57-46(45-56-58(52,53)55-43-42-49(3,4)5)44-54-47(50)40-38-36-34-32-30-28-26-21-19-17-15-13-11-9-7-2/h14,16,20,22,24-25,29-32,35,37,46H,6-13,15,17-19,21,23,26-28,33-34,36,38-45H2,1-5H3/b16-14+,22-20+,25-24+,31-29+,32-30+,37-35+/t46-/m1/s1. The molecule has 0 rings (SSSR count). The zero-order valence-electron chi connectivity index (χ0n) is 37.5. The minimum Gasteiger partial charge on any atom is -0.756 e. The van der Waals surface area contributed by atoms with E-state index in [4.69, 9.17) is 18.5 Å². The molecule has 0 aromatic rings. The molecule has 0 aromatic carbocycles. The molecule has 0 aromatic heterocycles. The average Bonchev–Trinajstić information content (AvgIpc) is 3.17. The number of likely N-dealkylation sites (N-methyl/N-ethyl adjacent to an activating group) is 1. The summed E-state index contributed by atoms with van der Waals surface area (Å²) in [5.74, 6) is -0.961. The van der Waals surface area contributed by atoms with Gasteiger partial charge in [-0.25, -0.2) is 0 Å². The first-order chi connectivity index (χ1) is 28.0. The van der Waals surface area contributed by atoms with Gasteiger partial charge in [-0.3, -0.25) is 14.2 Å². The monoisotopic (exact) mass is 834 g/mol. The van der Waals surface area contributed by atoms with Crippen molar-refractivity contribution >= 4 is 19.8 Å². The molecule has 0 saturated carbocycles. The first-order valence-corrected chi connectivity index (χ1v) is 24.1. The zero-order chi connectivity index (χ0) is 42.8. The summed E-state index contributed by atoms with van der Waals surface area (Å²) in [6.45, 7) is 4.08. The van der Waals surface area contributed by atoms with E-state index in [1.807, 2.05) is 33.3 Å². The van der Waals surface area contributed by atoms with Gasteiger partial charge in [0.1, 0.15) is 19.8 Å². The van der Waals surface area contributed by atoms with Crippen molar-refractivity contribution in [3.05, 3.63) is 72.9 Å². The van der Waals surface area contributed by atoms with E-state index in [1.54, 1.807) is 0 Å². The van der Waals surface area contributed by atoms with Crippen molar-refractivity contribution in [1.82, 2.24) is 0 Å². The third-order valence-electron chi connectivity index (χ3n) is 9.21. The Balaban J connectivity index is 4.52. The molecule has 0 spiro atoms. The second-order valence-corrected chi connectivity index (χ2v) is 17.5. The van der Waals surface area contributed by atoms with E-state index >= 15 is 0 Å². The average molecular weight is 834 g/mol. The molecule has 0 aliphatic carbocycles. The molecular weight excluding hydrogens is 750 g/mol. The van der Waals surface area contributed by atoms with Crippen LogP contribution < -0.4 is 4.89 Å². The predicted octanol–water partition coefficient (Wildman–Crippen LogP) is 12.4. The smallest absolute Gasteiger partial charge is 0.306 e. The number of rotatable bonds is 40. The van der Waals surface area contributed by atoms with E-state index in [9.17, 15) is 19.0 Å². The molecule has 0 aliphatic rings. The topological polar surface area (TPSA) is 111 Å². The Hall–Kier alpha value is -2.55. The lowest BCUT2D eigenvalue weighted by Gasteiger charge is -2.28. The maximum Gasteiger partial charge on any atom is 0.306 e. The van der Waals surface area contributed by atoms with Gasteiger partial charge in [0.15, 0.2) is 6.10 Å². The lowest BCUT2D eigenvalue weighted by atomic mass is 10.1. The van der Waals surface area contributed by atoms with E-state index in [1.165, 1.54) is 83.5 Å². The fourth-order valence-corrected chi connectivity index (χ4v) is 6.36. The summed E-state index contributed by atoms with van der Waals surface area (Å²) in [4.78, 5) is 37.5. The molecule has 0 saturated heterocycles. The predicted molar refractivity (Wildman–Crippen MR) is 240 cm³/mol. The van der Waals surface area contributed by atoms with Crippen LogP contribution in [0.4, 0.5) is 0 Å². The number of hydrogen-bond donors (Lipinski definition) is 0. The van der Waals surface area contributed by atoms with E-state index in [2.05, 4.69) is 74.6 Å². The second kappa shape index (κ2) is 39.9. The molecular formula is C48H84NO8P. The van der Waals surface area contributed by atoms with Crippen LogP contribution in [-0.4, -0.2) is 70.0 Å². The number of hydrogen-bond acceptors (Lipinski definition) is 8. The van der Waals surface area contributed by atoms with Crippen molar-refractivity contribution in [1.29, 1.82) is 0 Å². The van der Waals surface area contributed by atoms with Gasteiger partial charge >= 0.3 is 11.9 Å². The highest BCUT2D eigenvalue weighted by Gasteiger charge is 2.21. The normalized spacial score (nSPS) is 14.2. The number of quaternary nitrogens is 1. The molecule has 9 nitrogen and oxygen atoms in total. The van der Waals surface area contributed by atoms with E-state index in [0.29, 0.717) is 23.9 Å². The summed E-state index contributed by atoms with van der Waals surface area (Å²) in [5, 5.41) is 0. The van der Waals surface area contributed by atoms with Gasteiger partial charge in [0, 0.05) is 12.8 Å². The molecule has 0 aliphatic heterocycles. The van der Waals surface area contributed by atoms with Crippen molar-refractivity contribution in [2.75, 3.05) is 47.5 Å². The maximum atomic E-state index is 12.6. The van der Waals surface area contributed by atoms with Crippen LogP contribution >= 0.6 is 7.82 Å². The van der Waals surface area contributed by atoms with Crippen LogP contribution in [-0.2, 0) is 32.7 Å². The van der Waals surface area contributed by atoms with Gasteiger partial charge in [-0.1, -0.05) is 151 Å². The van der Waals surface area contributed by atoms with Gasteiger partial charge in [0.2, 0.25) is 0 Å². The molecule has 334 valence electrons. The number of unbranched alkanes of at least 4 members (excludes halogenated alkanes) is 14. The molecule has 0 heterocycles. The molecule has 0 bridgehead atoms. The Morgan fingerprint density at radius 3 is 1.50 bits per heavy atom. The summed E-state index contributed by atoms with van der Waals surface area (Å²) < 4.78 is 33.8. The van der Waals surface area contributed by atoms with Crippen molar-refractivity contribution in [2.24, 2.45) is 0 Å². The fraction of sp³-hybridized carbons (Fsp3) is 0.708. The van der Waals surface area contributed by atoms with Gasteiger partial charge in [0.25, 0.3) is 7.82 Å². The molecule has 58 heavy (non-hydrogen) atoms. The first kappa shape index (κ1) is 55.5. The van der Waals surface area contributed by atoms with Crippen LogP contribution in [0.2, 0.25) is 0 Å². The van der Waals surface area contributed by atoms with Crippen LogP contribution in [0.25, 0.3) is 0 Å². The Morgan fingerprint density at radius 1 is 0.534 bits per heavy atom. The zero-order valence-corrected chi connectivity index (χ0v) is 38.4. The van der Waals surface area contributed by atoms with Gasteiger partial charge in [-0.05, 0) is 77.0 Å². The number of nitrogens with zero attached hydrogens (tertiary/aromatic N) is 1. The Bertz CT molecular complexity index is 1220. The van der Waals surface area contributed by atoms with E-state index in [0.717, 1.165) is 44.9 Å². The first-order valence-electron chi connectivity index (χ1n) is 22.6. The Labute approximate surface area is 355 Å². The number of ether oxygens (including phenoxy) is 2. The van der Waals surface area contributed by atoms with E-state index in [-0.39, 0.29) is 26.1 Å². The Morgan fingerprint density at radius 2 is 0.966 bits per heavy atom. The largest absolute Gasteiger partial charge is 0.756 e. The molecule has 2 atom stereocenters. The van der Waals surface area contributed by atoms with Gasteiger partial charge < -0.3 is 27.9 Å². The number of esters is 2. The fourth-order valence-electron chi connectivity index (χ4n) is 5.63. The summed E-state index contributed by atoms with van der Waals surface area (Å²) >= 11 is 0. The number of allylic oxidation sites excluding steroid dienone is 12. The SMILES string of the molecule is CCCCC/C=C/C/C=C/C/C=C/C/C=C/C/C=C/CCC(=O)O[C@H](COC(=O)CCCC/C=C/CCCCCCCCCCC)COP(=O)([O-])OCC[N+](C)(C)C. The number of carbonyl (C=O) groups excluding carboxylic acids is 2. The minimum absolute atomic E-state index is 0.0500. The second-order valence-electron chi connectivity index (χ2n) is 16.1. The van der Waals surface area contributed by atoms with Gasteiger partial charge in [-0.2, -0.15) is 0 Å². The van der Waals surface area contributed by atoms with Crippen LogP contribution in [0.15, 0.2) is 72.9 Å². The Kier molecular flexibility index (Phi) is 38.1. The van der Waals surface area contributed by atoms with Gasteiger partial charge in [0.05, 0.1) is 27.7 Å². The molecule has 0 N–H and O–H groups in total. The summed E-state index contributed by atoms with van der Waals surface area (Å²) in [7, 11) is 1.10. The molecule has 10 heteroatoms. The minimum atomic E-state index is -4.65. The third-order valence-corrected chi connectivity index (χ3v) is 10.2. The number of phosphoric acid groups is 1. The highest BCUT2D eigenvalue weighted by molar-refractivity contribution is 7.45. The highest BCUT2D eigenvalue weighted by Crippen LogP contribution is 2.38. The summed E-state index contributed by atoms with van der Waals surface area (Å²) in [6, 6.07) is 0.